The Morgan fingerprint density at radius 3 is 0.853 bits per heavy atom. The highest BCUT2D eigenvalue weighted by atomic mass is 32.1. The lowest BCUT2D eigenvalue weighted by Gasteiger charge is -1.74. The number of H-pyrrole nitrogens is 3. The summed E-state index contributed by atoms with van der Waals surface area (Å²) in [5.41, 5.74) is 0. The quantitative estimate of drug-likeness (QED) is 0.127. The Hall–Kier alpha value is -7.34. The fraction of sp³-hybridized carbons (Fsp3) is 0.556. The normalized spacial score (nSPS) is 8.33. The molecule has 0 spiro atoms. The molecule has 0 aliphatic heterocycles. The van der Waals surface area contributed by atoms with E-state index in [9.17, 15) is 0 Å². The molecule has 0 aliphatic rings. The van der Waals surface area contributed by atoms with Crippen molar-refractivity contribution in [2.24, 2.45) is 14.1 Å². The van der Waals surface area contributed by atoms with Crippen molar-refractivity contribution in [2.45, 2.75) is 159 Å². The minimum atomic E-state index is 0.623. The van der Waals surface area contributed by atoms with Gasteiger partial charge in [-0.1, -0.05) is 79.6 Å². The topological polar surface area (TPSA) is 341 Å². The van der Waals surface area contributed by atoms with Crippen LogP contribution in [0.2, 0.25) is 0 Å². The molecule has 75 heavy (non-hydrogen) atoms. The SMILES string of the molecule is CC.CC.CC.CC.CC.Cc1ncn[nH]1.Cc1ncn[nH]1.Cc1ncn[nH]1.Cc1nnc(C)s1.Cc1noc(C)n1.Cc1noc(C)n1.Cc1nsc(C)n1.Cc1nsc(C)n1.Cn1cncn1.Cn1cnnc1. The molecule has 10 aromatic heterocycles. The zero-order valence-electron chi connectivity index (χ0n) is 48.9. The van der Waals surface area contributed by atoms with E-state index < -0.39 is 0 Å². The molecule has 10 aromatic rings. The number of hydrogen-bond donors (Lipinski definition) is 3. The van der Waals surface area contributed by atoms with E-state index in [0.29, 0.717) is 23.4 Å². The first-order valence-corrected chi connectivity index (χ1v) is 26.1. The van der Waals surface area contributed by atoms with Crippen molar-refractivity contribution >= 4 is 34.4 Å². The fourth-order valence-electron chi connectivity index (χ4n) is 3.32. The van der Waals surface area contributed by atoms with Crippen LogP contribution < -0.4 is 0 Å². The maximum Gasteiger partial charge on any atom is 0.223 e. The highest BCUT2D eigenvalue weighted by Gasteiger charge is 1.92. The van der Waals surface area contributed by atoms with Crippen LogP contribution in [-0.4, -0.2) is 124 Å². The van der Waals surface area contributed by atoms with Gasteiger partial charge in [0.15, 0.2) is 11.6 Å². The molecule has 0 amide bonds. The standard InChI is InChI=1S/2C4H6N2O.3C4H6N2S.5C3H5N3.5C2H6/c2*1-3-5-4(2)7-6-3;1-3-5-6-4(2)7-3;2*1-3-5-4(2)7-6-3;1-6-2-4-5-3-6;1-6-3-4-2-5-6;3*1-3-4-2-5-6-3;5*1-2/h5*1-2H3;2*2-3H,1H3;3*2H,1H3,(H,4,5,6);5*1-2H3. The van der Waals surface area contributed by atoms with Crippen LogP contribution >= 0.6 is 34.4 Å². The van der Waals surface area contributed by atoms with E-state index >= 15 is 0 Å². The molecule has 0 aliphatic carbocycles. The molecule has 0 atom stereocenters. The zero-order chi connectivity index (χ0) is 58.4. The van der Waals surface area contributed by atoms with Crippen LogP contribution in [0.15, 0.2) is 53.3 Å². The maximum absolute atomic E-state index is 4.60. The summed E-state index contributed by atoms with van der Waals surface area (Å²) in [6.45, 7) is 44.2. The molecule has 10 heterocycles. The number of aryl methyl sites for hydroxylation is 15. The van der Waals surface area contributed by atoms with Gasteiger partial charge in [-0.3, -0.25) is 20.0 Å². The lowest BCUT2D eigenvalue weighted by molar-refractivity contribution is 0.389. The Morgan fingerprint density at radius 2 is 0.773 bits per heavy atom. The lowest BCUT2D eigenvalue weighted by Crippen LogP contribution is -1.83. The third-order valence-electron chi connectivity index (χ3n) is 5.82. The highest BCUT2D eigenvalue weighted by Crippen LogP contribution is 2.04. The van der Waals surface area contributed by atoms with Gasteiger partial charge in [0.05, 0.1) is 0 Å². The predicted octanol–water partition coefficient (Wildman–Crippen LogP) is 9.94. The number of rotatable bonds is 0. The summed E-state index contributed by atoms with van der Waals surface area (Å²) in [5.74, 6) is 6.95. The summed E-state index contributed by atoms with van der Waals surface area (Å²) in [6.07, 6.45) is 10.9. The fourth-order valence-corrected chi connectivity index (χ4v) is 4.86. The molecule has 27 nitrogen and oxygen atoms in total. The molecule has 420 valence electrons. The second-order valence-corrected chi connectivity index (χ2v) is 15.5. The van der Waals surface area contributed by atoms with E-state index in [1.165, 1.54) is 48.4 Å². The lowest BCUT2D eigenvalue weighted by atomic mass is 10.7. The Bertz CT molecular complexity index is 2040. The first-order chi connectivity index (χ1) is 35.9. The van der Waals surface area contributed by atoms with Crippen molar-refractivity contribution in [3.8, 4) is 0 Å². The molecule has 0 aromatic carbocycles. The Kier molecular flexibility index (Phi) is 55.6. The van der Waals surface area contributed by atoms with E-state index in [1.807, 2.05) is 146 Å². The average Bonchev–Trinajstić information content (AvgIpc) is 4.23. The van der Waals surface area contributed by atoms with Gasteiger partial charge in [-0.15, -0.1) is 31.7 Å². The molecular formula is C45H85N25O2S3. The Morgan fingerprint density at radius 1 is 0.427 bits per heavy atom. The smallest absolute Gasteiger partial charge is 0.223 e. The van der Waals surface area contributed by atoms with Gasteiger partial charge >= 0.3 is 0 Å². The van der Waals surface area contributed by atoms with Gasteiger partial charge in [-0.25, -0.2) is 29.9 Å². The van der Waals surface area contributed by atoms with Crippen molar-refractivity contribution in [2.75, 3.05) is 0 Å². The van der Waals surface area contributed by atoms with E-state index in [1.54, 1.807) is 67.3 Å². The molecule has 0 saturated carbocycles. The van der Waals surface area contributed by atoms with Gasteiger partial charge in [0.1, 0.15) is 93.4 Å². The maximum atomic E-state index is 4.60. The van der Waals surface area contributed by atoms with Gasteiger partial charge in [0.2, 0.25) is 11.8 Å². The van der Waals surface area contributed by atoms with Gasteiger partial charge in [-0.2, -0.15) is 39.1 Å². The van der Waals surface area contributed by atoms with E-state index in [4.69, 9.17) is 0 Å². The summed E-state index contributed by atoms with van der Waals surface area (Å²) >= 11 is 4.51. The zero-order valence-corrected chi connectivity index (χ0v) is 51.4. The number of hydrogen-bond acceptors (Lipinski definition) is 25. The summed E-state index contributed by atoms with van der Waals surface area (Å²) in [5, 5.41) is 48.3. The number of aromatic amines is 3. The van der Waals surface area contributed by atoms with Crippen LogP contribution in [0.4, 0.5) is 0 Å². The summed E-state index contributed by atoms with van der Waals surface area (Å²) in [7, 11) is 3.70. The molecule has 30 heteroatoms. The van der Waals surface area contributed by atoms with Crippen molar-refractivity contribution in [1.82, 2.24) is 124 Å². The van der Waals surface area contributed by atoms with Gasteiger partial charge < -0.3 is 13.6 Å². The minimum absolute atomic E-state index is 0.623. The Labute approximate surface area is 456 Å². The molecule has 3 N–H and O–H groups in total. The van der Waals surface area contributed by atoms with E-state index in [-0.39, 0.29) is 0 Å². The van der Waals surface area contributed by atoms with Crippen LogP contribution in [0.3, 0.4) is 0 Å². The second kappa shape index (κ2) is 54.4. The third kappa shape index (κ3) is 52.8. The van der Waals surface area contributed by atoms with Gasteiger partial charge in [0, 0.05) is 27.9 Å². The monoisotopic (exact) mass is 1100 g/mol. The summed E-state index contributed by atoms with van der Waals surface area (Å²) in [6, 6.07) is 0. The van der Waals surface area contributed by atoms with Crippen molar-refractivity contribution in [3.63, 3.8) is 0 Å². The highest BCUT2D eigenvalue weighted by molar-refractivity contribution is 7.11. The van der Waals surface area contributed by atoms with E-state index in [0.717, 1.165) is 49.2 Å². The summed E-state index contributed by atoms with van der Waals surface area (Å²) < 4.78 is 20.5. The van der Waals surface area contributed by atoms with Gasteiger partial charge in [0.25, 0.3) is 0 Å². The third-order valence-corrected chi connectivity index (χ3v) is 7.99. The molecule has 0 fully saturated rings. The van der Waals surface area contributed by atoms with E-state index in [2.05, 4.69) is 124 Å². The average molecular weight is 1100 g/mol. The molecule has 0 saturated heterocycles. The van der Waals surface area contributed by atoms with Crippen molar-refractivity contribution < 1.29 is 9.05 Å². The molecule has 0 radical (unpaired) electrons. The van der Waals surface area contributed by atoms with Crippen LogP contribution in [0.5, 0.6) is 0 Å². The molecular weight excluding hydrogens is 1020 g/mol. The van der Waals surface area contributed by atoms with Crippen LogP contribution in [-0.2, 0) is 14.1 Å². The molecule has 0 unspecified atom stereocenters. The number of nitrogens with one attached hydrogen (secondary N) is 3. The van der Waals surface area contributed by atoms with Crippen LogP contribution in [0, 0.1) is 90.0 Å². The van der Waals surface area contributed by atoms with Crippen LogP contribution in [0.25, 0.3) is 0 Å². The molecule has 10 rings (SSSR count). The minimum Gasteiger partial charge on any atom is -0.340 e. The first kappa shape index (κ1) is 76.6. The van der Waals surface area contributed by atoms with Gasteiger partial charge in [-0.05, 0) is 99.2 Å². The second-order valence-electron chi connectivity index (χ2n) is 12.2. The van der Waals surface area contributed by atoms with Crippen molar-refractivity contribution in [1.29, 1.82) is 0 Å². The number of nitrogens with zero attached hydrogens (tertiary/aromatic N) is 22. The largest absolute Gasteiger partial charge is 0.340 e. The van der Waals surface area contributed by atoms with Crippen molar-refractivity contribution in [3.05, 3.63) is 117 Å². The predicted molar refractivity (Wildman–Crippen MR) is 298 cm³/mol. The first-order valence-electron chi connectivity index (χ1n) is 23.8. The molecule has 0 bridgehead atoms. The van der Waals surface area contributed by atoms with Crippen LogP contribution in [0.1, 0.15) is 142 Å². The summed E-state index contributed by atoms with van der Waals surface area (Å²) in [4.78, 5) is 30.6. The number of aromatic nitrogens is 25. The Balaban J connectivity index is -0.000000238.